The number of hydrogen-bond donors (Lipinski definition) is 1. The maximum atomic E-state index is 11.2. The van der Waals surface area contributed by atoms with Crippen molar-refractivity contribution in [3.63, 3.8) is 0 Å². The molecule has 25 heavy (non-hydrogen) atoms. The summed E-state index contributed by atoms with van der Waals surface area (Å²) in [6.07, 6.45) is 4.97. The van der Waals surface area contributed by atoms with E-state index in [1.165, 1.54) is 12.6 Å². The van der Waals surface area contributed by atoms with Crippen LogP contribution >= 0.6 is 0 Å². The first-order valence-corrected chi connectivity index (χ1v) is 10.2. The number of sulfone groups is 1. The fourth-order valence-corrected chi connectivity index (χ4v) is 3.47. The van der Waals surface area contributed by atoms with Crippen LogP contribution in [0.2, 0.25) is 0 Å². The number of aromatic nitrogens is 2. The van der Waals surface area contributed by atoms with E-state index in [0.29, 0.717) is 6.42 Å². The first-order valence-electron chi connectivity index (χ1n) is 8.15. The fourth-order valence-electron chi connectivity index (χ4n) is 2.74. The number of benzene rings is 1. The zero-order valence-corrected chi connectivity index (χ0v) is 15.1. The second-order valence-electron chi connectivity index (χ2n) is 6.06. The van der Waals surface area contributed by atoms with Crippen molar-refractivity contribution in [3.05, 3.63) is 42.4 Å². The van der Waals surface area contributed by atoms with Crippen LogP contribution < -0.4 is 5.32 Å². The Morgan fingerprint density at radius 3 is 2.72 bits per heavy atom. The molecule has 0 saturated carbocycles. The number of unbranched alkanes of at least 4 members (excludes halogenated alkanes) is 1. The van der Waals surface area contributed by atoms with Crippen molar-refractivity contribution in [1.29, 1.82) is 0 Å². The summed E-state index contributed by atoms with van der Waals surface area (Å²) in [6, 6.07) is 9.81. The summed E-state index contributed by atoms with van der Waals surface area (Å²) >= 11 is 0. The molecule has 0 aliphatic heterocycles. The third-order valence-corrected chi connectivity index (χ3v) is 5.04. The van der Waals surface area contributed by atoms with E-state index in [4.69, 9.17) is 4.42 Å². The molecule has 2 aromatic heterocycles. The van der Waals surface area contributed by atoms with Crippen LogP contribution in [0.3, 0.4) is 0 Å². The van der Waals surface area contributed by atoms with Crippen LogP contribution in [0.5, 0.6) is 0 Å². The zero-order chi connectivity index (χ0) is 17.9. The highest BCUT2D eigenvalue weighted by Crippen LogP contribution is 2.28. The summed E-state index contributed by atoms with van der Waals surface area (Å²) in [7, 11) is -1.06. The molecule has 0 aliphatic carbocycles. The molecule has 0 aliphatic rings. The third-order valence-electron chi connectivity index (χ3n) is 4.01. The van der Waals surface area contributed by atoms with Crippen molar-refractivity contribution >= 4 is 26.6 Å². The molecule has 0 radical (unpaired) electrons. The van der Waals surface area contributed by atoms with Crippen molar-refractivity contribution in [3.8, 4) is 11.3 Å². The Kier molecular flexibility index (Phi) is 5.03. The molecule has 7 heteroatoms. The Morgan fingerprint density at radius 2 is 1.96 bits per heavy atom. The van der Waals surface area contributed by atoms with E-state index < -0.39 is 9.84 Å². The second kappa shape index (κ2) is 7.23. The summed E-state index contributed by atoms with van der Waals surface area (Å²) in [5, 5.41) is 4.01. The molecule has 0 fully saturated rings. The molecule has 132 valence electrons. The molecule has 0 saturated heterocycles. The number of furan rings is 1. The van der Waals surface area contributed by atoms with Crippen molar-refractivity contribution in [2.45, 2.75) is 19.3 Å². The average Bonchev–Trinajstić information content (AvgIpc) is 3.06. The van der Waals surface area contributed by atoms with Crippen LogP contribution in [0.1, 0.15) is 18.6 Å². The first kappa shape index (κ1) is 17.4. The van der Waals surface area contributed by atoms with Gasteiger partial charge < -0.3 is 9.73 Å². The van der Waals surface area contributed by atoms with E-state index >= 15 is 0 Å². The summed E-state index contributed by atoms with van der Waals surface area (Å²) in [6.45, 7) is 0. The lowest BCUT2D eigenvalue weighted by atomic mass is 10.1. The first-order chi connectivity index (χ1) is 12.0. The molecule has 0 bridgehead atoms. The predicted molar refractivity (Wildman–Crippen MR) is 99.4 cm³/mol. The molecule has 3 aromatic rings. The van der Waals surface area contributed by atoms with Gasteiger partial charge in [-0.15, -0.1) is 0 Å². The van der Waals surface area contributed by atoms with Crippen LogP contribution in [-0.4, -0.2) is 37.4 Å². The van der Waals surface area contributed by atoms with E-state index in [2.05, 4.69) is 15.3 Å². The number of aryl methyl sites for hydroxylation is 1. The number of nitrogens with zero attached hydrogens (tertiary/aromatic N) is 2. The minimum absolute atomic E-state index is 0.220. The Labute approximate surface area is 147 Å². The summed E-state index contributed by atoms with van der Waals surface area (Å²) in [5.74, 6) is 2.64. The Balaban J connectivity index is 1.74. The smallest absolute Gasteiger partial charge is 0.147 e. The minimum Gasteiger partial charge on any atom is -0.461 e. The Bertz CT molecular complexity index is 980. The molecule has 6 nitrogen and oxygen atoms in total. The molecule has 2 heterocycles. The van der Waals surface area contributed by atoms with E-state index in [9.17, 15) is 8.42 Å². The molecular formula is C18H21N3O3S. The van der Waals surface area contributed by atoms with Crippen molar-refractivity contribution < 1.29 is 12.8 Å². The molecule has 1 aromatic carbocycles. The van der Waals surface area contributed by atoms with Gasteiger partial charge in [-0.1, -0.05) is 0 Å². The molecule has 1 N–H and O–H groups in total. The van der Waals surface area contributed by atoms with Gasteiger partial charge in [0, 0.05) is 36.4 Å². The standard InChI is InChI=1S/C18H21N3O3S/c1-19-18-15-11-13(6-8-16(15)20-12-21-18)17-9-7-14(24-17)5-3-4-10-25(2,22)23/h6-9,11-12H,3-5,10H2,1-2H3,(H,19,20,21). The van der Waals surface area contributed by atoms with Crippen LogP contribution in [0.15, 0.2) is 41.1 Å². The van der Waals surface area contributed by atoms with Gasteiger partial charge in [0.05, 0.1) is 5.52 Å². The van der Waals surface area contributed by atoms with Crippen LogP contribution in [-0.2, 0) is 16.3 Å². The van der Waals surface area contributed by atoms with Crippen LogP contribution in [0, 0.1) is 0 Å². The summed E-state index contributed by atoms with van der Waals surface area (Å²) in [5.41, 5.74) is 1.83. The van der Waals surface area contributed by atoms with Crippen LogP contribution in [0.4, 0.5) is 5.82 Å². The van der Waals surface area contributed by atoms with Gasteiger partial charge in [0.15, 0.2) is 0 Å². The zero-order valence-electron chi connectivity index (χ0n) is 14.3. The van der Waals surface area contributed by atoms with Gasteiger partial charge in [-0.05, 0) is 43.2 Å². The van der Waals surface area contributed by atoms with E-state index in [1.54, 1.807) is 0 Å². The molecule has 3 rings (SSSR count). The van der Waals surface area contributed by atoms with Gasteiger partial charge in [0.25, 0.3) is 0 Å². The number of hydrogen-bond acceptors (Lipinski definition) is 6. The SMILES string of the molecule is CNc1ncnc2ccc(-c3ccc(CCCCS(C)(=O)=O)o3)cc12. The highest BCUT2D eigenvalue weighted by atomic mass is 32.2. The molecule has 0 unspecified atom stereocenters. The summed E-state index contributed by atoms with van der Waals surface area (Å²) < 4.78 is 28.2. The average molecular weight is 359 g/mol. The lowest BCUT2D eigenvalue weighted by molar-refractivity contribution is 0.512. The van der Waals surface area contributed by atoms with E-state index in [0.717, 1.165) is 46.6 Å². The topological polar surface area (TPSA) is 85.1 Å². The fraction of sp³-hybridized carbons (Fsp3) is 0.333. The molecule has 0 amide bonds. The van der Waals surface area contributed by atoms with Gasteiger partial charge in [-0.2, -0.15) is 0 Å². The van der Waals surface area contributed by atoms with E-state index in [1.807, 2.05) is 37.4 Å². The van der Waals surface area contributed by atoms with Gasteiger partial charge in [0.2, 0.25) is 0 Å². The largest absolute Gasteiger partial charge is 0.461 e. The van der Waals surface area contributed by atoms with Crippen molar-refractivity contribution in [1.82, 2.24) is 9.97 Å². The van der Waals surface area contributed by atoms with Gasteiger partial charge in [-0.25, -0.2) is 18.4 Å². The Morgan fingerprint density at radius 1 is 1.12 bits per heavy atom. The highest BCUT2D eigenvalue weighted by molar-refractivity contribution is 7.90. The van der Waals surface area contributed by atoms with E-state index in [-0.39, 0.29) is 5.75 Å². The monoisotopic (exact) mass is 359 g/mol. The Hall–Kier alpha value is -2.41. The number of nitrogens with one attached hydrogen (secondary N) is 1. The molecule has 0 spiro atoms. The maximum Gasteiger partial charge on any atom is 0.147 e. The second-order valence-corrected chi connectivity index (χ2v) is 8.32. The maximum absolute atomic E-state index is 11.2. The highest BCUT2D eigenvalue weighted by Gasteiger charge is 2.09. The molecular weight excluding hydrogens is 338 g/mol. The number of rotatable bonds is 7. The lowest BCUT2D eigenvalue weighted by Crippen LogP contribution is -2.02. The van der Waals surface area contributed by atoms with Gasteiger partial charge in [0.1, 0.15) is 33.5 Å². The normalized spacial score (nSPS) is 11.8. The number of anilines is 1. The van der Waals surface area contributed by atoms with Crippen LogP contribution in [0.25, 0.3) is 22.2 Å². The van der Waals surface area contributed by atoms with Gasteiger partial charge >= 0.3 is 0 Å². The van der Waals surface area contributed by atoms with Crippen molar-refractivity contribution in [2.75, 3.05) is 24.4 Å². The predicted octanol–water partition coefficient (Wildman–Crippen LogP) is 3.30. The quantitative estimate of drug-likeness (QED) is 0.652. The summed E-state index contributed by atoms with van der Waals surface area (Å²) in [4.78, 5) is 8.50. The number of fused-ring (bicyclic) bond motifs is 1. The minimum atomic E-state index is -2.89. The lowest BCUT2D eigenvalue weighted by Gasteiger charge is -2.05. The third kappa shape index (κ3) is 4.36. The van der Waals surface area contributed by atoms with Gasteiger partial charge in [-0.3, -0.25) is 0 Å². The molecule has 0 atom stereocenters. The van der Waals surface area contributed by atoms with Crippen molar-refractivity contribution in [2.24, 2.45) is 0 Å².